The highest BCUT2D eigenvalue weighted by Gasteiger charge is 2.37. The Kier molecular flexibility index (Phi) is 5.84. The van der Waals surface area contributed by atoms with E-state index in [0.29, 0.717) is 10.2 Å². The molecule has 2 rings (SSSR count). The Morgan fingerprint density at radius 3 is 2.50 bits per heavy atom. The fourth-order valence-electron chi connectivity index (χ4n) is 3.87. The van der Waals surface area contributed by atoms with Gasteiger partial charge < -0.3 is 10.2 Å². The molecule has 0 aromatic rings. The van der Waals surface area contributed by atoms with Gasteiger partial charge in [0, 0.05) is 36.7 Å². The van der Waals surface area contributed by atoms with E-state index in [0.717, 1.165) is 5.92 Å². The first-order valence-electron chi connectivity index (χ1n) is 8.48. The molecule has 0 unspecified atom stereocenters. The highest BCUT2D eigenvalue weighted by molar-refractivity contribution is 8.00. The Labute approximate surface area is 130 Å². The zero-order valence-corrected chi connectivity index (χ0v) is 14.8. The van der Waals surface area contributed by atoms with Crippen molar-refractivity contribution in [3.05, 3.63) is 0 Å². The second-order valence-corrected chi connectivity index (χ2v) is 9.85. The molecular weight excluding hydrogens is 264 g/mol. The smallest absolute Gasteiger partial charge is 0.0231 e. The minimum absolute atomic E-state index is 0.448. The number of nitrogens with one attached hydrogen (secondary N) is 1. The van der Waals surface area contributed by atoms with E-state index in [1.807, 2.05) is 0 Å². The van der Waals surface area contributed by atoms with Crippen molar-refractivity contribution in [3.63, 3.8) is 0 Å². The van der Waals surface area contributed by atoms with Crippen molar-refractivity contribution in [3.8, 4) is 0 Å². The van der Waals surface area contributed by atoms with Gasteiger partial charge in [-0.25, -0.2) is 0 Å². The predicted octanol–water partition coefficient (Wildman–Crippen LogP) is 3.62. The van der Waals surface area contributed by atoms with Crippen LogP contribution < -0.4 is 5.32 Å². The molecule has 20 heavy (non-hydrogen) atoms. The average Bonchev–Trinajstić information content (AvgIpc) is 2.76. The van der Waals surface area contributed by atoms with E-state index in [4.69, 9.17) is 0 Å². The maximum Gasteiger partial charge on any atom is 0.0231 e. The Balaban J connectivity index is 1.88. The summed E-state index contributed by atoms with van der Waals surface area (Å²) in [5.41, 5.74) is 0.562. The van der Waals surface area contributed by atoms with Gasteiger partial charge in [-0.05, 0) is 44.6 Å². The number of hydrogen-bond acceptors (Lipinski definition) is 3. The highest BCUT2D eigenvalue weighted by atomic mass is 32.2. The van der Waals surface area contributed by atoms with Crippen molar-refractivity contribution >= 4 is 11.8 Å². The van der Waals surface area contributed by atoms with Crippen LogP contribution in [0.1, 0.15) is 53.4 Å². The molecule has 0 aromatic heterocycles. The van der Waals surface area contributed by atoms with Crippen LogP contribution in [0.2, 0.25) is 0 Å². The molecule has 3 heteroatoms. The van der Waals surface area contributed by atoms with Crippen LogP contribution in [0, 0.1) is 11.3 Å². The van der Waals surface area contributed by atoms with Gasteiger partial charge in [0.2, 0.25) is 0 Å². The van der Waals surface area contributed by atoms with Crippen LogP contribution >= 0.6 is 11.8 Å². The summed E-state index contributed by atoms with van der Waals surface area (Å²) in [6.45, 7) is 15.7. The maximum absolute atomic E-state index is 3.75. The Morgan fingerprint density at radius 1 is 1.20 bits per heavy atom. The quantitative estimate of drug-likeness (QED) is 0.806. The van der Waals surface area contributed by atoms with E-state index < -0.39 is 0 Å². The fourth-order valence-corrected chi connectivity index (χ4v) is 5.04. The molecule has 0 aromatic carbocycles. The topological polar surface area (TPSA) is 15.3 Å². The van der Waals surface area contributed by atoms with Crippen molar-refractivity contribution in [1.82, 2.24) is 10.2 Å². The molecule has 2 fully saturated rings. The standard InChI is InChI=1S/C17H34N2S/c1-15(2)11-18-12-17(7-5-6-8-17)14-19-9-10-20-16(3,4)13-19/h15,18H,5-14H2,1-4H3. The van der Waals surface area contributed by atoms with Gasteiger partial charge in [-0.1, -0.05) is 26.7 Å². The van der Waals surface area contributed by atoms with Gasteiger partial charge in [0.25, 0.3) is 0 Å². The summed E-state index contributed by atoms with van der Waals surface area (Å²) in [6, 6.07) is 0. The van der Waals surface area contributed by atoms with Crippen molar-refractivity contribution in [2.24, 2.45) is 11.3 Å². The third-order valence-electron chi connectivity index (χ3n) is 4.78. The summed E-state index contributed by atoms with van der Waals surface area (Å²) >= 11 is 2.15. The molecule has 118 valence electrons. The molecule has 1 N–H and O–H groups in total. The van der Waals surface area contributed by atoms with E-state index in [1.54, 1.807) is 0 Å². The minimum atomic E-state index is 0.448. The summed E-state index contributed by atoms with van der Waals surface area (Å²) < 4.78 is 0.448. The number of thioether (sulfide) groups is 1. The normalized spacial score (nSPS) is 26.2. The summed E-state index contributed by atoms with van der Waals surface area (Å²) in [4.78, 5) is 2.75. The third kappa shape index (κ3) is 4.92. The summed E-state index contributed by atoms with van der Waals surface area (Å²) in [5.74, 6) is 2.07. The molecule has 1 aliphatic heterocycles. The lowest BCUT2D eigenvalue weighted by molar-refractivity contribution is 0.142. The lowest BCUT2D eigenvalue weighted by Crippen LogP contribution is -2.49. The summed E-state index contributed by atoms with van der Waals surface area (Å²) in [7, 11) is 0. The van der Waals surface area contributed by atoms with Crippen LogP contribution in [-0.4, -0.2) is 48.1 Å². The molecule has 0 spiro atoms. The fraction of sp³-hybridized carbons (Fsp3) is 1.00. The van der Waals surface area contributed by atoms with Crippen LogP contribution in [0.5, 0.6) is 0 Å². The van der Waals surface area contributed by atoms with Gasteiger partial charge in [0.05, 0.1) is 0 Å². The first kappa shape index (κ1) is 16.6. The van der Waals surface area contributed by atoms with Crippen molar-refractivity contribution < 1.29 is 0 Å². The number of nitrogens with zero attached hydrogens (tertiary/aromatic N) is 1. The van der Waals surface area contributed by atoms with E-state index >= 15 is 0 Å². The monoisotopic (exact) mass is 298 g/mol. The van der Waals surface area contributed by atoms with Crippen LogP contribution in [0.4, 0.5) is 0 Å². The van der Waals surface area contributed by atoms with E-state index in [2.05, 4.69) is 49.7 Å². The Morgan fingerprint density at radius 2 is 1.90 bits per heavy atom. The molecule has 1 heterocycles. The third-order valence-corrected chi connectivity index (χ3v) is 6.08. The molecular formula is C17H34N2S. The summed E-state index contributed by atoms with van der Waals surface area (Å²) in [6.07, 6.45) is 5.75. The second kappa shape index (κ2) is 7.02. The van der Waals surface area contributed by atoms with E-state index in [1.165, 1.54) is 64.2 Å². The van der Waals surface area contributed by atoms with Crippen molar-refractivity contribution in [2.45, 2.75) is 58.1 Å². The Hall–Kier alpha value is 0.270. The first-order chi connectivity index (χ1) is 9.41. The van der Waals surface area contributed by atoms with E-state index in [-0.39, 0.29) is 0 Å². The molecule has 0 radical (unpaired) electrons. The molecule has 0 atom stereocenters. The Bertz CT molecular complexity index is 295. The van der Waals surface area contributed by atoms with Crippen molar-refractivity contribution in [1.29, 1.82) is 0 Å². The van der Waals surface area contributed by atoms with Gasteiger partial charge in [-0.3, -0.25) is 0 Å². The summed E-state index contributed by atoms with van der Waals surface area (Å²) in [5, 5.41) is 3.75. The van der Waals surface area contributed by atoms with Crippen molar-refractivity contribution in [2.75, 3.05) is 38.5 Å². The minimum Gasteiger partial charge on any atom is -0.316 e. The maximum atomic E-state index is 3.75. The molecule has 2 nitrogen and oxygen atoms in total. The van der Waals surface area contributed by atoms with Gasteiger partial charge in [0.1, 0.15) is 0 Å². The number of rotatable bonds is 6. The SMILES string of the molecule is CC(C)CNCC1(CN2CCSC(C)(C)C2)CCCC1. The highest BCUT2D eigenvalue weighted by Crippen LogP contribution is 2.40. The van der Waals surface area contributed by atoms with Crippen LogP contribution in [-0.2, 0) is 0 Å². The molecule has 0 bridgehead atoms. The molecule has 1 aliphatic carbocycles. The lowest BCUT2D eigenvalue weighted by Gasteiger charge is -2.42. The first-order valence-corrected chi connectivity index (χ1v) is 9.46. The van der Waals surface area contributed by atoms with E-state index in [9.17, 15) is 0 Å². The zero-order valence-electron chi connectivity index (χ0n) is 14.0. The van der Waals surface area contributed by atoms with Crippen LogP contribution in [0.15, 0.2) is 0 Å². The van der Waals surface area contributed by atoms with Crippen LogP contribution in [0.3, 0.4) is 0 Å². The average molecular weight is 299 g/mol. The number of hydrogen-bond donors (Lipinski definition) is 1. The second-order valence-electron chi connectivity index (χ2n) is 8.05. The van der Waals surface area contributed by atoms with Gasteiger partial charge >= 0.3 is 0 Å². The molecule has 2 aliphatic rings. The largest absolute Gasteiger partial charge is 0.316 e. The molecule has 1 saturated heterocycles. The van der Waals surface area contributed by atoms with Gasteiger partial charge in [-0.15, -0.1) is 0 Å². The van der Waals surface area contributed by atoms with Gasteiger partial charge in [-0.2, -0.15) is 11.8 Å². The van der Waals surface area contributed by atoms with Gasteiger partial charge in [0.15, 0.2) is 0 Å². The lowest BCUT2D eigenvalue weighted by atomic mass is 9.85. The zero-order chi connectivity index (χ0) is 14.6. The predicted molar refractivity (Wildman–Crippen MR) is 91.6 cm³/mol. The van der Waals surface area contributed by atoms with Crippen LogP contribution in [0.25, 0.3) is 0 Å². The molecule has 0 amide bonds. The molecule has 1 saturated carbocycles.